The molecule has 0 bridgehead atoms. The number of sulfonamides is 1. The van der Waals surface area contributed by atoms with E-state index in [9.17, 15) is 8.42 Å². The molecule has 1 atom stereocenters. The normalized spacial score (nSPS) is 23.1. The van der Waals surface area contributed by atoms with Gasteiger partial charge in [0.05, 0.1) is 4.90 Å². The molecule has 20 heavy (non-hydrogen) atoms. The molecule has 0 aromatic heterocycles. The van der Waals surface area contributed by atoms with Gasteiger partial charge in [0.1, 0.15) is 5.60 Å². The monoisotopic (exact) mass is 295 g/mol. The van der Waals surface area contributed by atoms with E-state index in [1.807, 2.05) is 6.92 Å². The van der Waals surface area contributed by atoms with Gasteiger partial charge in [0, 0.05) is 0 Å². The van der Waals surface area contributed by atoms with Crippen molar-refractivity contribution >= 4 is 16.1 Å². The summed E-state index contributed by atoms with van der Waals surface area (Å²) in [6, 6.07) is 6.42. The van der Waals surface area contributed by atoms with Crippen LogP contribution in [0.15, 0.2) is 46.2 Å². The van der Waals surface area contributed by atoms with Gasteiger partial charge >= 0.3 is 6.08 Å². The molecule has 0 saturated carbocycles. The summed E-state index contributed by atoms with van der Waals surface area (Å²) in [7, 11) is -3.84. The molecule has 1 saturated heterocycles. The van der Waals surface area contributed by atoms with Crippen LogP contribution in [0.5, 0.6) is 0 Å². The maximum Gasteiger partial charge on any atom is 0.401 e. The second kappa shape index (κ2) is 4.94. The van der Waals surface area contributed by atoms with E-state index >= 15 is 0 Å². The molecule has 1 aliphatic heterocycles. The Morgan fingerprint density at radius 2 is 1.90 bits per heavy atom. The summed E-state index contributed by atoms with van der Waals surface area (Å²) >= 11 is 0. The third kappa shape index (κ3) is 2.85. The molecular formula is C14H17NO4S. The Labute approximate surface area is 119 Å². The maximum atomic E-state index is 12.1. The summed E-state index contributed by atoms with van der Waals surface area (Å²) < 4.78 is 38.6. The first-order chi connectivity index (χ1) is 9.24. The van der Waals surface area contributed by atoms with Crippen molar-refractivity contribution in [2.24, 2.45) is 4.40 Å². The Hall–Kier alpha value is -1.82. The minimum absolute atomic E-state index is 0.0997. The summed E-state index contributed by atoms with van der Waals surface area (Å²) in [6.07, 6.45) is 0.871. The molecule has 6 heteroatoms. The molecule has 1 heterocycles. The summed E-state index contributed by atoms with van der Waals surface area (Å²) in [5.74, 6) is 0. The third-order valence-electron chi connectivity index (χ3n) is 2.99. The molecule has 1 aromatic carbocycles. The summed E-state index contributed by atoms with van der Waals surface area (Å²) in [6.45, 7) is 9.06. The minimum atomic E-state index is -3.84. The van der Waals surface area contributed by atoms with Crippen molar-refractivity contribution in [2.75, 3.05) is 0 Å². The van der Waals surface area contributed by atoms with Crippen LogP contribution < -0.4 is 0 Å². The van der Waals surface area contributed by atoms with Crippen molar-refractivity contribution in [1.29, 1.82) is 0 Å². The van der Waals surface area contributed by atoms with Gasteiger partial charge in [-0.05, 0) is 39.0 Å². The molecule has 1 aromatic rings. The maximum absolute atomic E-state index is 12.1. The molecule has 0 radical (unpaired) electrons. The number of benzene rings is 1. The van der Waals surface area contributed by atoms with E-state index in [0.29, 0.717) is 0 Å². The zero-order valence-electron chi connectivity index (χ0n) is 11.7. The number of ether oxygens (including phenoxy) is 2. The van der Waals surface area contributed by atoms with Crippen LogP contribution in [0.4, 0.5) is 0 Å². The first-order valence-corrected chi connectivity index (χ1v) is 7.58. The topological polar surface area (TPSA) is 65.0 Å². The molecule has 1 unspecified atom stereocenters. The molecular weight excluding hydrogens is 278 g/mol. The molecule has 5 nitrogen and oxygen atoms in total. The number of rotatable bonds is 3. The molecule has 1 aliphatic rings. The quantitative estimate of drug-likeness (QED) is 0.803. The van der Waals surface area contributed by atoms with Crippen molar-refractivity contribution in [2.45, 2.75) is 37.4 Å². The largest absolute Gasteiger partial charge is 0.440 e. The molecule has 0 spiro atoms. The van der Waals surface area contributed by atoms with Gasteiger partial charge in [-0.15, -0.1) is 0 Å². The molecule has 1 fully saturated rings. The van der Waals surface area contributed by atoms with Crippen LogP contribution in [0, 0.1) is 6.92 Å². The van der Waals surface area contributed by atoms with Gasteiger partial charge in [-0.1, -0.05) is 28.7 Å². The first kappa shape index (κ1) is 14.6. The highest BCUT2D eigenvalue weighted by Gasteiger charge is 2.41. The fourth-order valence-electron chi connectivity index (χ4n) is 1.79. The van der Waals surface area contributed by atoms with E-state index in [4.69, 9.17) is 9.47 Å². The van der Waals surface area contributed by atoms with Crippen LogP contribution in [0.2, 0.25) is 0 Å². The fourth-order valence-corrected chi connectivity index (χ4v) is 2.65. The fraction of sp³-hybridized carbons (Fsp3) is 0.357. The predicted octanol–water partition coefficient (Wildman–Crippen LogP) is 2.42. The van der Waals surface area contributed by atoms with Crippen molar-refractivity contribution in [3.63, 3.8) is 0 Å². The second-order valence-electron chi connectivity index (χ2n) is 5.12. The lowest BCUT2D eigenvalue weighted by Crippen LogP contribution is -2.30. The molecule has 0 aliphatic carbocycles. The summed E-state index contributed by atoms with van der Waals surface area (Å²) in [5.41, 5.74) is 0.279. The highest BCUT2D eigenvalue weighted by molar-refractivity contribution is 7.90. The number of nitrogens with zero attached hydrogens (tertiary/aromatic N) is 1. The number of hydrogen-bond donors (Lipinski definition) is 0. The van der Waals surface area contributed by atoms with Gasteiger partial charge in [-0.3, -0.25) is 0 Å². The van der Waals surface area contributed by atoms with Crippen LogP contribution in [0.3, 0.4) is 0 Å². The van der Waals surface area contributed by atoms with Crippen LogP contribution in [-0.4, -0.2) is 26.2 Å². The lowest BCUT2D eigenvalue weighted by Gasteiger charge is -2.18. The molecule has 108 valence electrons. The highest BCUT2D eigenvalue weighted by Crippen LogP contribution is 2.28. The second-order valence-corrected chi connectivity index (χ2v) is 6.73. The molecule has 0 amide bonds. The van der Waals surface area contributed by atoms with Gasteiger partial charge in [0.2, 0.25) is 0 Å². The highest BCUT2D eigenvalue weighted by atomic mass is 32.2. The number of aryl methyl sites for hydroxylation is 1. The zero-order chi connectivity index (χ0) is 15.0. The Morgan fingerprint density at radius 1 is 1.30 bits per heavy atom. The zero-order valence-corrected chi connectivity index (χ0v) is 12.5. The minimum Gasteiger partial charge on any atom is -0.440 e. The Kier molecular flexibility index (Phi) is 3.60. The van der Waals surface area contributed by atoms with Crippen molar-refractivity contribution < 1.29 is 17.9 Å². The van der Waals surface area contributed by atoms with E-state index in [1.54, 1.807) is 32.1 Å². The Bertz CT molecular complexity index is 644. The predicted molar refractivity (Wildman–Crippen MR) is 76.0 cm³/mol. The summed E-state index contributed by atoms with van der Waals surface area (Å²) in [4.78, 5) is 0.0997. The smallest absolute Gasteiger partial charge is 0.401 e. The molecule has 0 N–H and O–H groups in total. The van der Waals surface area contributed by atoms with Gasteiger partial charge in [-0.2, -0.15) is 8.42 Å². The standard InChI is InChI=1S/C14H17NO4S/c1-5-12-14(3,4)19-13(18-12)15-20(16,17)11-8-6-10(2)7-9-11/h5-9,12H,1H2,2-4H3/b15-13-. The third-order valence-corrected chi connectivity index (χ3v) is 4.25. The van der Waals surface area contributed by atoms with Crippen molar-refractivity contribution in [1.82, 2.24) is 0 Å². The lowest BCUT2D eigenvalue weighted by molar-refractivity contribution is 0.0979. The SMILES string of the molecule is C=CC1O/C(=N/S(=O)(=O)c2ccc(C)cc2)OC1(C)C. The van der Waals surface area contributed by atoms with E-state index in [0.717, 1.165) is 5.56 Å². The Morgan fingerprint density at radius 3 is 2.40 bits per heavy atom. The van der Waals surface area contributed by atoms with E-state index in [2.05, 4.69) is 11.0 Å². The lowest BCUT2D eigenvalue weighted by atomic mass is 10.0. The first-order valence-electron chi connectivity index (χ1n) is 6.14. The van der Waals surface area contributed by atoms with Gasteiger partial charge in [0.15, 0.2) is 6.10 Å². The number of hydrogen-bond acceptors (Lipinski definition) is 4. The van der Waals surface area contributed by atoms with Crippen LogP contribution >= 0.6 is 0 Å². The van der Waals surface area contributed by atoms with Gasteiger partial charge in [-0.25, -0.2) is 0 Å². The van der Waals surface area contributed by atoms with Crippen LogP contribution in [0.25, 0.3) is 0 Å². The van der Waals surface area contributed by atoms with Gasteiger partial charge in [0.25, 0.3) is 10.0 Å². The average Bonchev–Trinajstić information content (AvgIpc) is 2.63. The van der Waals surface area contributed by atoms with Crippen molar-refractivity contribution in [3.05, 3.63) is 42.5 Å². The van der Waals surface area contributed by atoms with Crippen LogP contribution in [0.1, 0.15) is 19.4 Å². The van der Waals surface area contributed by atoms with Crippen LogP contribution in [-0.2, 0) is 19.5 Å². The summed E-state index contributed by atoms with van der Waals surface area (Å²) in [5, 5.41) is 0. The van der Waals surface area contributed by atoms with E-state index in [1.165, 1.54) is 12.1 Å². The van der Waals surface area contributed by atoms with Crippen molar-refractivity contribution in [3.8, 4) is 0 Å². The average molecular weight is 295 g/mol. The van der Waals surface area contributed by atoms with E-state index in [-0.39, 0.29) is 11.0 Å². The van der Waals surface area contributed by atoms with E-state index < -0.39 is 21.7 Å². The Balaban J connectivity index is 2.31. The van der Waals surface area contributed by atoms with Gasteiger partial charge < -0.3 is 9.47 Å². The molecule has 2 rings (SSSR count).